The molecule has 16 heavy (non-hydrogen) atoms. The van der Waals surface area contributed by atoms with Gasteiger partial charge in [0, 0.05) is 19.0 Å². The summed E-state index contributed by atoms with van der Waals surface area (Å²) in [5.74, 6) is 6.01. The summed E-state index contributed by atoms with van der Waals surface area (Å²) in [6.07, 6.45) is 3.32. The molecule has 0 aromatic heterocycles. The van der Waals surface area contributed by atoms with Crippen molar-refractivity contribution in [1.29, 1.82) is 0 Å². The topological polar surface area (TPSA) is 12.0 Å². The van der Waals surface area contributed by atoms with Gasteiger partial charge < -0.3 is 5.32 Å². The zero-order chi connectivity index (χ0) is 11.6. The van der Waals surface area contributed by atoms with Crippen LogP contribution in [0.15, 0.2) is 30.3 Å². The van der Waals surface area contributed by atoms with Gasteiger partial charge in [0.05, 0.1) is 0 Å². The van der Waals surface area contributed by atoms with Gasteiger partial charge in [-0.25, -0.2) is 0 Å². The van der Waals surface area contributed by atoms with Gasteiger partial charge in [-0.2, -0.15) is 0 Å². The van der Waals surface area contributed by atoms with Gasteiger partial charge in [-0.3, -0.25) is 0 Å². The third kappa shape index (κ3) is 4.51. The van der Waals surface area contributed by atoms with Crippen molar-refractivity contribution < 1.29 is 0 Å². The summed E-state index contributed by atoms with van der Waals surface area (Å²) in [6.45, 7) is 5.09. The predicted octanol–water partition coefficient (Wildman–Crippen LogP) is 3.53. The molecule has 0 saturated carbocycles. The van der Waals surface area contributed by atoms with Gasteiger partial charge in [0.15, 0.2) is 0 Å². The minimum Gasteiger partial charge on any atom is -0.309 e. The Bertz CT molecular complexity index is 331. The summed E-state index contributed by atoms with van der Waals surface area (Å²) in [4.78, 5) is 0. The van der Waals surface area contributed by atoms with Crippen molar-refractivity contribution in [3.05, 3.63) is 35.9 Å². The van der Waals surface area contributed by atoms with E-state index in [0.717, 1.165) is 13.0 Å². The largest absolute Gasteiger partial charge is 0.309 e. The fraction of sp³-hybridized carbons (Fsp3) is 0.467. The van der Waals surface area contributed by atoms with Crippen molar-refractivity contribution in [2.24, 2.45) is 0 Å². The van der Waals surface area contributed by atoms with E-state index < -0.39 is 0 Å². The van der Waals surface area contributed by atoms with Crippen molar-refractivity contribution in [3.8, 4) is 11.8 Å². The molecule has 0 radical (unpaired) electrons. The summed E-state index contributed by atoms with van der Waals surface area (Å²) in [5, 5.41) is 3.57. The Morgan fingerprint density at radius 2 is 2.00 bits per heavy atom. The maximum atomic E-state index is 3.57. The molecule has 0 heterocycles. The normalized spacial score (nSPS) is 11.6. The quantitative estimate of drug-likeness (QED) is 0.565. The smallest absolute Gasteiger partial charge is 0.0320 e. The lowest BCUT2D eigenvalue weighted by molar-refractivity contribution is 0.501. The monoisotopic (exact) mass is 215 g/mol. The van der Waals surface area contributed by atoms with Gasteiger partial charge in [0.2, 0.25) is 0 Å². The van der Waals surface area contributed by atoms with Crippen LogP contribution in [0.2, 0.25) is 0 Å². The van der Waals surface area contributed by atoms with Crippen LogP contribution in [0, 0.1) is 11.8 Å². The van der Waals surface area contributed by atoms with Crippen LogP contribution >= 0.6 is 0 Å². The lowest BCUT2D eigenvalue weighted by Gasteiger charge is -2.17. The fourth-order valence-electron chi connectivity index (χ4n) is 1.79. The van der Waals surface area contributed by atoms with Crippen LogP contribution in [0.3, 0.4) is 0 Å². The average molecular weight is 215 g/mol. The molecule has 0 aliphatic heterocycles. The Balaban J connectivity index is 2.50. The standard InChI is InChI=1S/C15H21N/c1-3-5-9-13-16-15(10-4-2)14-11-7-6-8-12-14/h6-8,11-12,15-16H,4,9-10,13H2,1-2H3. The fourth-order valence-corrected chi connectivity index (χ4v) is 1.79. The number of hydrogen-bond acceptors (Lipinski definition) is 1. The van der Waals surface area contributed by atoms with E-state index >= 15 is 0 Å². The zero-order valence-electron chi connectivity index (χ0n) is 10.3. The van der Waals surface area contributed by atoms with Crippen LogP contribution < -0.4 is 5.32 Å². The number of rotatable bonds is 6. The summed E-state index contributed by atoms with van der Waals surface area (Å²) >= 11 is 0. The highest BCUT2D eigenvalue weighted by molar-refractivity contribution is 5.18. The second-order valence-electron chi connectivity index (χ2n) is 3.88. The molecule has 0 aliphatic carbocycles. The molecule has 1 unspecified atom stereocenters. The average Bonchev–Trinajstić information content (AvgIpc) is 2.34. The van der Waals surface area contributed by atoms with Gasteiger partial charge in [-0.15, -0.1) is 11.8 Å². The Morgan fingerprint density at radius 3 is 2.62 bits per heavy atom. The highest BCUT2D eigenvalue weighted by Crippen LogP contribution is 2.17. The third-order valence-corrected chi connectivity index (χ3v) is 2.60. The molecule has 0 aliphatic rings. The molecule has 0 fully saturated rings. The van der Waals surface area contributed by atoms with E-state index in [1.165, 1.54) is 18.4 Å². The lowest BCUT2D eigenvalue weighted by atomic mass is 10.0. The molecular formula is C15H21N. The Morgan fingerprint density at radius 1 is 1.25 bits per heavy atom. The van der Waals surface area contributed by atoms with Gasteiger partial charge in [-0.1, -0.05) is 43.7 Å². The summed E-state index contributed by atoms with van der Waals surface area (Å²) in [7, 11) is 0. The van der Waals surface area contributed by atoms with E-state index in [9.17, 15) is 0 Å². The molecule has 1 nitrogen and oxygen atoms in total. The number of hydrogen-bond donors (Lipinski definition) is 1. The first-order valence-corrected chi connectivity index (χ1v) is 6.06. The van der Waals surface area contributed by atoms with Crippen LogP contribution in [-0.4, -0.2) is 6.54 Å². The maximum Gasteiger partial charge on any atom is 0.0320 e. The summed E-state index contributed by atoms with van der Waals surface area (Å²) in [6, 6.07) is 11.1. The van der Waals surface area contributed by atoms with Gasteiger partial charge in [-0.05, 0) is 18.9 Å². The molecule has 0 amide bonds. The van der Waals surface area contributed by atoms with Crippen molar-refractivity contribution >= 4 is 0 Å². The van der Waals surface area contributed by atoms with Crippen molar-refractivity contribution in [1.82, 2.24) is 5.32 Å². The Kier molecular flexibility index (Phi) is 6.37. The SMILES string of the molecule is CC#CCCNC(CCC)c1ccccc1. The van der Waals surface area contributed by atoms with E-state index in [4.69, 9.17) is 0 Å². The molecule has 1 aromatic rings. The van der Waals surface area contributed by atoms with Crippen molar-refractivity contribution in [2.45, 2.75) is 39.2 Å². The Labute approximate surface area is 99.3 Å². The van der Waals surface area contributed by atoms with Crippen LogP contribution in [0.1, 0.15) is 44.7 Å². The molecule has 0 spiro atoms. The van der Waals surface area contributed by atoms with E-state index in [1.807, 2.05) is 6.92 Å². The van der Waals surface area contributed by atoms with Gasteiger partial charge >= 0.3 is 0 Å². The second kappa shape index (κ2) is 7.96. The number of benzene rings is 1. The van der Waals surface area contributed by atoms with E-state index in [0.29, 0.717) is 6.04 Å². The van der Waals surface area contributed by atoms with E-state index in [2.05, 4.69) is 54.4 Å². The van der Waals surface area contributed by atoms with Gasteiger partial charge in [0.1, 0.15) is 0 Å². The minimum absolute atomic E-state index is 0.477. The molecule has 1 atom stereocenters. The molecule has 1 aromatic carbocycles. The first kappa shape index (κ1) is 12.8. The van der Waals surface area contributed by atoms with Crippen LogP contribution in [0.5, 0.6) is 0 Å². The predicted molar refractivity (Wildman–Crippen MR) is 70.2 cm³/mol. The minimum atomic E-state index is 0.477. The highest BCUT2D eigenvalue weighted by Gasteiger charge is 2.07. The molecule has 0 saturated heterocycles. The molecule has 1 rings (SSSR count). The Hall–Kier alpha value is -1.26. The second-order valence-corrected chi connectivity index (χ2v) is 3.88. The van der Waals surface area contributed by atoms with E-state index in [-0.39, 0.29) is 0 Å². The lowest BCUT2D eigenvalue weighted by Crippen LogP contribution is -2.22. The zero-order valence-corrected chi connectivity index (χ0v) is 10.3. The molecular weight excluding hydrogens is 194 g/mol. The van der Waals surface area contributed by atoms with Crippen molar-refractivity contribution in [2.75, 3.05) is 6.54 Å². The first-order valence-electron chi connectivity index (χ1n) is 6.06. The third-order valence-electron chi connectivity index (χ3n) is 2.60. The maximum absolute atomic E-state index is 3.57. The molecule has 1 N–H and O–H groups in total. The van der Waals surface area contributed by atoms with E-state index in [1.54, 1.807) is 0 Å². The summed E-state index contributed by atoms with van der Waals surface area (Å²) < 4.78 is 0. The molecule has 0 bridgehead atoms. The van der Waals surface area contributed by atoms with Gasteiger partial charge in [0.25, 0.3) is 0 Å². The number of nitrogens with one attached hydrogen (secondary N) is 1. The van der Waals surface area contributed by atoms with Crippen LogP contribution in [-0.2, 0) is 0 Å². The molecule has 86 valence electrons. The van der Waals surface area contributed by atoms with Crippen LogP contribution in [0.25, 0.3) is 0 Å². The van der Waals surface area contributed by atoms with Crippen molar-refractivity contribution in [3.63, 3.8) is 0 Å². The van der Waals surface area contributed by atoms with Crippen LogP contribution in [0.4, 0.5) is 0 Å². The summed E-state index contributed by atoms with van der Waals surface area (Å²) in [5.41, 5.74) is 1.38. The molecule has 1 heteroatoms. The first-order chi connectivity index (χ1) is 7.88. The highest BCUT2D eigenvalue weighted by atomic mass is 14.9.